The molecule has 0 N–H and O–H groups in total. The standard InChI is InChI=1S/C19H19N3O4/c1-14-19(24)21(16-7-9-17(10-8-16)22(25)26)12-11-20(14)18(23)13-15-5-3-2-4-6-15/h2-10,14H,11-13H2,1H3/t14-/m1/s1. The minimum absolute atomic E-state index is 0.0223. The molecule has 1 aliphatic heterocycles. The summed E-state index contributed by atoms with van der Waals surface area (Å²) < 4.78 is 0. The summed E-state index contributed by atoms with van der Waals surface area (Å²) in [4.78, 5) is 38.7. The van der Waals surface area contributed by atoms with Crippen LogP contribution in [0.25, 0.3) is 0 Å². The second-order valence-corrected chi connectivity index (χ2v) is 6.19. The molecule has 0 spiro atoms. The molecule has 0 unspecified atom stereocenters. The summed E-state index contributed by atoms with van der Waals surface area (Å²) in [6, 6.07) is 14.7. The summed E-state index contributed by atoms with van der Waals surface area (Å²) in [5.41, 5.74) is 1.49. The van der Waals surface area contributed by atoms with Gasteiger partial charge in [0.25, 0.3) is 5.69 Å². The van der Waals surface area contributed by atoms with Gasteiger partial charge in [0.05, 0.1) is 11.3 Å². The molecule has 1 aliphatic rings. The lowest BCUT2D eigenvalue weighted by Crippen LogP contribution is -2.58. The first-order valence-electron chi connectivity index (χ1n) is 8.36. The lowest BCUT2D eigenvalue weighted by Gasteiger charge is -2.39. The highest BCUT2D eigenvalue weighted by Gasteiger charge is 2.34. The van der Waals surface area contributed by atoms with Gasteiger partial charge in [-0.3, -0.25) is 19.7 Å². The lowest BCUT2D eigenvalue weighted by molar-refractivity contribution is -0.384. The lowest BCUT2D eigenvalue weighted by atomic mass is 10.1. The Morgan fingerprint density at radius 3 is 2.38 bits per heavy atom. The average Bonchev–Trinajstić information content (AvgIpc) is 2.64. The molecule has 1 atom stereocenters. The number of anilines is 1. The number of piperazine rings is 1. The van der Waals surface area contributed by atoms with E-state index < -0.39 is 11.0 Å². The van der Waals surface area contributed by atoms with E-state index in [1.807, 2.05) is 30.3 Å². The van der Waals surface area contributed by atoms with E-state index in [0.717, 1.165) is 5.56 Å². The molecule has 7 nitrogen and oxygen atoms in total. The molecular weight excluding hydrogens is 334 g/mol. The zero-order valence-corrected chi connectivity index (χ0v) is 14.4. The Morgan fingerprint density at radius 2 is 1.77 bits per heavy atom. The molecule has 0 aliphatic carbocycles. The minimum Gasteiger partial charge on any atom is -0.329 e. The number of non-ortho nitro benzene ring substituents is 1. The van der Waals surface area contributed by atoms with Gasteiger partial charge in [-0.25, -0.2) is 0 Å². The van der Waals surface area contributed by atoms with Crippen molar-refractivity contribution < 1.29 is 14.5 Å². The molecule has 3 rings (SSSR count). The Kier molecular flexibility index (Phi) is 4.97. The molecular formula is C19H19N3O4. The number of benzene rings is 2. The van der Waals surface area contributed by atoms with Crippen LogP contribution >= 0.6 is 0 Å². The third-order valence-electron chi connectivity index (χ3n) is 4.55. The maximum Gasteiger partial charge on any atom is 0.269 e. The summed E-state index contributed by atoms with van der Waals surface area (Å²) >= 11 is 0. The third kappa shape index (κ3) is 3.56. The minimum atomic E-state index is -0.574. The number of amides is 2. The molecule has 1 saturated heterocycles. The summed E-state index contributed by atoms with van der Waals surface area (Å²) in [6.45, 7) is 2.50. The zero-order chi connectivity index (χ0) is 18.7. The van der Waals surface area contributed by atoms with Crippen molar-refractivity contribution in [3.05, 3.63) is 70.3 Å². The van der Waals surface area contributed by atoms with Crippen LogP contribution in [0.5, 0.6) is 0 Å². The van der Waals surface area contributed by atoms with Crippen LogP contribution < -0.4 is 4.90 Å². The van der Waals surface area contributed by atoms with Crippen molar-refractivity contribution in [3.63, 3.8) is 0 Å². The molecule has 0 saturated carbocycles. The predicted molar refractivity (Wildman–Crippen MR) is 96.8 cm³/mol. The van der Waals surface area contributed by atoms with Crippen LogP contribution in [-0.2, 0) is 16.0 Å². The van der Waals surface area contributed by atoms with E-state index in [1.165, 1.54) is 12.1 Å². The molecule has 0 radical (unpaired) electrons. The highest BCUT2D eigenvalue weighted by atomic mass is 16.6. The number of carbonyl (C=O) groups excluding carboxylic acids is 2. The Balaban J connectivity index is 1.70. The van der Waals surface area contributed by atoms with Crippen LogP contribution in [0.2, 0.25) is 0 Å². The predicted octanol–water partition coefficient (Wildman–Crippen LogP) is 2.40. The molecule has 0 bridgehead atoms. The van der Waals surface area contributed by atoms with E-state index in [2.05, 4.69) is 0 Å². The second kappa shape index (κ2) is 7.35. The van der Waals surface area contributed by atoms with E-state index in [-0.39, 0.29) is 23.9 Å². The van der Waals surface area contributed by atoms with Crippen LogP contribution in [-0.4, -0.2) is 40.8 Å². The van der Waals surface area contributed by atoms with Crippen molar-refractivity contribution in [1.82, 2.24) is 4.90 Å². The fraction of sp³-hybridized carbons (Fsp3) is 0.263. The van der Waals surface area contributed by atoms with Crippen molar-refractivity contribution in [2.45, 2.75) is 19.4 Å². The normalized spacial score (nSPS) is 17.3. The topological polar surface area (TPSA) is 83.8 Å². The number of hydrogen-bond donors (Lipinski definition) is 0. The summed E-state index contributed by atoms with van der Waals surface area (Å²) in [5, 5.41) is 10.8. The molecule has 134 valence electrons. The molecule has 7 heteroatoms. The van der Waals surface area contributed by atoms with Crippen molar-refractivity contribution in [2.24, 2.45) is 0 Å². The third-order valence-corrected chi connectivity index (χ3v) is 4.55. The van der Waals surface area contributed by atoms with Gasteiger partial charge in [0.2, 0.25) is 11.8 Å². The first kappa shape index (κ1) is 17.6. The van der Waals surface area contributed by atoms with E-state index in [0.29, 0.717) is 18.8 Å². The molecule has 2 amide bonds. The Bertz CT molecular complexity index is 820. The molecule has 1 heterocycles. The van der Waals surface area contributed by atoms with E-state index in [4.69, 9.17) is 0 Å². The van der Waals surface area contributed by atoms with Gasteiger partial charge in [-0.05, 0) is 24.6 Å². The van der Waals surface area contributed by atoms with Crippen molar-refractivity contribution in [3.8, 4) is 0 Å². The van der Waals surface area contributed by atoms with Gasteiger partial charge in [0.1, 0.15) is 6.04 Å². The van der Waals surface area contributed by atoms with Gasteiger partial charge in [-0.15, -0.1) is 0 Å². The molecule has 2 aromatic rings. The van der Waals surface area contributed by atoms with Crippen molar-refractivity contribution >= 4 is 23.2 Å². The van der Waals surface area contributed by atoms with Crippen molar-refractivity contribution in [2.75, 3.05) is 18.0 Å². The number of nitro benzene ring substituents is 1. The fourth-order valence-electron chi connectivity index (χ4n) is 3.09. The SMILES string of the molecule is C[C@@H]1C(=O)N(c2ccc([N+](=O)[O-])cc2)CCN1C(=O)Cc1ccccc1. The maximum atomic E-state index is 12.7. The van der Waals surface area contributed by atoms with Gasteiger partial charge in [0, 0.05) is 30.9 Å². The zero-order valence-electron chi connectivity index (χ0n) is 14.4. The van der Waals surface area contributed by atoms with Crippen molar-refractivity contribution in [1.29, 1.82) is 0 Å². The summed E-state index contributed by atoms with van der Waals surface area (Å²) in [7, 11) is 0. The molecule has 1 fully saturated rings. The van der Waals surface area contributed by atoms with Gasteiger partial charge in [0.15, 0.2) is 0 Å². The fourth-order valence-corrected chi connectivity index (χ4v) is 3.09. The number of carbonyl (C=O) groups is 2. The Hall–Kier alpha value is -3.22. The van der Waals surface area contributed by atoms with Crippen LogP contribution in [0.4, 0.5) is 11.4 Å². The van der Waals surface area contributed by atoms with E-state index in [1.54, 1.807) is 28.9 Å². The highest BCUT2D eigenvalue weighted by molar-refractivity contribution is 6.00. The second-order valence-electron chi connectivity index (χ2n) is 6.19. The van der Waals surface area contributed by atoms with Crippen LogP contribution in [0, 0.1) is 10.1 Å². The summed E-state index contributed by atoms with van der Waals surface area (Å²) in [6.07, 6.45) is 0.260. The molecule has 26 heavy (non-hydrogen) atoms. The average molecular weight is 353 g/mol. The van der Waals surface area contributed by atoms with Gasteiger partial charge in [-0.1, -0.05) is 30.3 Å². The van der Waals surface area contributed by atoms with Crippen LogP contribution in [0.3, 0.4) is 0 Å². The molecule has 2 aromatic carbocycles. The number of nitrogens with zero attached hydrogens (tertiary/aromatic N) is 3. The van der Waals surface area contributed by atoms with E-state index in [9.17, 15) is 19.7 Å². The first-order chi connectivity index (χ1) is 12.5. The monoisotopic (exact) mass is 353 g/mol. The maximum absolute atomic E-state index is 12.7. The van der Waals surface area contributed by atoms with Crippen LogP contribution in [0.1, 0.15) is 12.5 Å². The number of nitro groups is 1. The smallest absolute Gasteiger partial charge is 0.269 e. The van der Waals surface area contributed by atoms with Gasteiger partial charge < -0.3 is 9.80 Å². The largest absolute Gasteiger partial charge is 0.329 e. The summed E-state index contributed by atoms with van der Waals surface area (Å²) in [5.74, 6) is -0.271. The van der Waals surface area contributed by atoms with E-state index >= 15 is 0 Å². The highest BCUT2D eigenvalue weighted by Crippen LogP contribution is 2.23. The number of rotatable bonds is 4. The quantitative estimate of drug-likeness (QED) is 0.624. The Labute approximate surface area is 151 Å². The first-order valence-corrected chi connectivity index (χ1v) is 8.36. The van der Waals surface area contributed by atoms with Gasteiger partial charge >= 0.3 is 0 Å². The Morgan fingerprint density at radius 1 is 1.12 bits per heavy atom. The van der Waals surface area contributed by atoms with Crippen LogP contribution in [0.15, 0.2) is 54.6 Å². The number of hydrogen-bond acceptors (Lipinski definition) is 4. The van der Waals surface area contributed by atoms with Gasteiger partial charge in [-0.2, -0.15) is 0 Å². The molecule has 0 aromatic heterocycles.